The topological polar surface area (TPSA) is 109 Å². The maximum Gasteiger partial charge on any atom is 0.243 e. The van der Waals surface area contributed by atoms with E-state index in [4.69, 9.17) is 4.52 Å². The van der Waals surface area contributed by atoms with Crippen LogP contribution in [0.2, 0.25) is 0 Å². The fraction of sp³-hybridized carbons (Fsp3) is 0.462. The summed E-state index contributed by atoms with van der Waals surface area (Å²) < 4.78 is 5.39. The Kier molecular flexibility index (Phi) is 7.37. The number of hydrogen-bond donors (Lipinski definition) is 2. The molecule has 0 radical (unpaired) electrons. The number of aryl methyl sites for hydroxylation is 2. The predicted molar refractivity (Wildman–Crippen MR) is 134 cm³/mol. The number of aliphatic hydroxyl groups excluding tert-OH is 1. The Balaban J connectivity index is 1.47. The number of nitrogens with zero attached hydrogens (tertiary/aromatic N) is 3. The highest BCUT2D eigenvalue weighted by atomic mass is 32.1. The molecule has 3 aromatic rings. The minimum Gasteiger partial charge on any atom is -0.391 e. The van der Waals surface area contributed by atoms with Crippen LogP contribution in [-0.4, -0.2) is 50.7 Å². The largest absolute Gasteiger partial charge is 0.391 e. The third kappa shape index (κ3) is 5.31. The molecule has 9 heteroatoms. The minimum absolute atomic E-state index is 0.0593. The van der Waals surface area contributed by atoms with Crippen LogP contribution in [0.5, 0.6) is 0 Å². The first-order valence-corrected chi connectivity index (χ1v) is 12.8. The van der Waals surface area contributed by atoms with Crippen LogP contribution in [0.3, 0.4) is 0 Å². The Morgan fingerprint density at radius 3 is 2.49 bits per heavy atom. The van der Waals surface area contributed by atoms with Gasteiger partial charge in [0.1, 0.15) is 17.7 Å². The third-order valence-electron chi connectivity index (χ3n) is 6.53. The van der Waals surface area contributed by atoms with E-state index in [-0.39, 0.29) is 36.7 Å². The first kappa shape index (κ1) is 25.1. The molecular weight excluding hydrogens is 464 g/mol. The summed E-state index contributed by atoms with van der Waals surface area (Å²) in [6, 6.07) is 8.79. The predicted octanol–water partition coefficient (Wildman–Crippen LogP) is 3.99. The highest BCUT2D eigenvalue weighted by Crippen LogP contribution is 2.32. The van der Waals surface area contributed by atoms with Gasteiger partial charge in [0.25, 0.3) is 0 Å². The molecule has 4 rings (SSSR count). The maximum atomic E-state index is 13.5. The van der Waals surface area contributed by atoms with E-state index < -0.39 is 18.1 Å². The molecule has 1 aromatic carbocycles. The van der Waals surface area contributed by atoms with Gasteiger partial charge >= 0.3 is 0 Å². The fourth-order valence-electron chi connectivity index (χ4n) is 4.64. The summed E-state index contributed by atoms with van der Waals surface area (Å²) in [7, 11) is 0. The molecule has 8 nitrogen and oxygen atoms in total. The van der Waals surface area contributed by atoms with Crippen LogP contribution in [-0.2, 0) is 9.59 Å². The van der Waals surface area contributed by atoms with Gasteiger partial charge in [0, 0.05) is 19.0 Å². The van der Waals surface area contributed by atoms with Crippen molar-refractivity contribution in [3.05, 3.63) is 58.6 Å². The Hall–Kier alpha value is -3.04. The monoisotopic (exact) mass is 496 g/mol. The van der Waals surface area contributed by atoms with Gasteiger partial charge in [-0.15, -0.1) is 11.3 Å². The second-order valence-electron chi connectivity index (χ2n) is 9.61. The van der Waals surface area contributed by atoms with Crippen LogP contribution in [0.15, 0.2) is 40.4 Å². The lowest BCUT2D eigenvalue weighted by molar-refractivity contribution is -0.141. The number of benzene rings is 1. The van der Waals surface area contributed by atoms with Gasteiger partial charge < -0.3 is 19.8 Å². The van der Waals surface area contributed by atoms with E-state index in [9.17, 15) is 14.7 Å². The summed E-state index contributed by atoms with van der Waals surface area (Å²) in [6.45, 7) is 9.68. The van der Waals surface area contributed by atoms with E-state index >= 15 is 0 Å². The lowest BCUT2D eigenvalue weighted by Gasteiger charge is -2.29. The van der Waals surface area contributed by atoms with Gasteiger partial charge in [-0.05, 0) is 37.8 Å². The van der Waals surface area contributed by atoms with Gasteiger partial charge in [0.2, 0.25) is 11.8 Å². The SMILES string of the molecule is Cc1cc(C(C(=O)N2C[C@H](O)C[C@H]2C(=O)NC(C)c2ccc(-c3scnc3C)cc2)C(C)C)on1. The normalized spacial score (nSPS) is 19.7. The number of carbonyl (C=O) groups excluding carboxylic acids is 2. The molecular formula is C26H32N4O4S. The molecule has 2 unspecified atom stereocenters. The van der Waals surface area contributed by atoms with Crippen molar-refractivity contribution in [2.24, 2.45) is 5.92 Å². The number of thiazole rings is 1. The van der Waals surface area contributed by atoms with Gasteiger partial charge in [-0.2, -0.15) is 0 Å². The van der Waals surface area contributed by atoms with Crippen LogP contribution < -0.4 is 5.32 Å². The van der Waals surface area contributed by atoms with Crippen molar-refractivity contribution in [2.45, 2.75) is 65.1 Å². The van der Waals surface area contributed by atoms with Crippen molar-refractivity contribution in [3.8, 4) is 10.4 Å². The zero-order chi connectivity index (χ0) is 25.3. The van der Waals surface area contributed by atoms with Crippen molar-refractivity contribution in [1.29, 1.82) is 0 Å². The number of nitrogens with one attached hydrogen (secondary N) is 1. The van der Waals surface area contributed by atoms with Crippen molar-refractivity contribution in [2.75, 3.05) is 6.54 Å². The molecule has 0 aliphatic carbocycles. The first-order valence-electron chi connectivity index (χ1n) is 11.9. The molecule has 1 saturated heterocycles. The standard InChI is InChI=1S/C26H32N4O4S/c1-14(2)23(22-10-15(3)29-34-22)26(33)30-12-20(31)11-21(30)25(32)28-16(4)18-6-8-19(9-7-18)24-17(5)27-13-35-24/h6-10,13-14,16,20-21,23,31H,11-12H2,1-5H3,(H,28,32)/t16?,20-,21+,23?/m1/s1. The van der Waals surface area contributed by atoms with Crippen LogP contribution in [0.25, 0.3) is 10.4 Å². The van der Waals surface area contributed by atoms with Crippen molar-refractivity contribution < 1.29 is 19.2 Å². The molecule has 0 bridgehead atoms. The van der Waals surface area contributed by atoms with Gasteiger partial charge in [-0.1, -0.05) is 43.3 Å². The van der Waals surface area contributed by atoms with Crippen LogP contribution in [0, 0.1) is 19.8 Å². The average Bonchev–Trinajstić information content (AvgIpc) is 3.53. The Labute approximate surface area is 209 Å². The van der Waals surface area contributed by atoms with Crippen LogP contribution in [0.1, 0.15) is 61.9 Å². The number of likely N-dealkylation sites (tertiary alicyclic amines) is 1. The van der Waals surface area contributed by atoms with Crippen molar-refractivity contribution >= 4 is 23.2 Å². The average molecular weight is 497 g/mol. The number of hydrogen-bond acceptors (Lipinski definition) is 7. The van der Waals surface area contributed by atoms with E-state index in [2.05, 4.69) is 15.5 Å². The van der Waals surface area contributed by atoms with Crippen molar-refractivity contribution in [1.82, 2.24) is 20.4 Å². The number of β-amino-alcohol motifs (C(OH)–C–C–N with tert-alkyl or cyclic N) is 1. The van der Waals surface area contributed by atoms with Gasteiger partial charge in [-0.3, -0.25) is 9.59 Å². The zero-order valence-electron chi connectivity index (χ0n) is 20.7. The number of aliphatic hydroxyl groups is 1. The molecule has 1 fully saturated rings. The Morgan fingerprint density at radius 1 is 1.20 bits per heavy atom. The lowest BCUT2D eigenvalue weighted by atomic mass is 9.91. The van der Waals surface area contributed by atoms with Gasteiger partial charge in [0.05, 0.1) is 33.9 Å². The van der Waals surface area contributed by atoms with Crippen molar-refractivity contribution in [3.63, 3.8) is 0 Å². The summed E-state index contributed by atoms with van der Waals surface area (Å²) >= 11 is 1.60. The molecule has 35 heavy (non-hydrogen) atoms. The molecule has 186 valence electrons. The highest BCUT2D eigenvalue weighted by molar-refractivity contribution is 7.13. The molecule has 3 heterocycles. The summed E-state index contributed by atoms with van der Waals surface area (Å²) in [5.74, 6) is -0.661. The first-order chi connectivity index (χ1) is 16.7. The van der Waals surface area contributed by atoms with E-state index in [0.717, 1.165) is 21.7 Å². The molecule has 0 saturated carbocycles. The number of rotatable bonds is 7. The molecule has 2 N–H and O–H groups in total. The molecule has 1 aliphatic heterocycles. The summed E-state index contributed by atoms with van der Waals surface area (Å²) in [5.41, 5.74) is 5.56. The summed E-state index contributed by atoms with van der Waals surface area (Å²) in [6.07, 6.45) is -0.551. The fourth-order valence-corrected chi connectivity index (χ4v) is 5.46. The maximum absolute atomic E-state index is 13.5. The minimum atomic E-state index is -0.754. The molecule has 4 atom stereocenters. The summed E-state index contributed by atoms with van der Waals surface area (Å²) in [4.78, 5) is 33.7. The van der Waals surface area contributed by atoms with E-state index in [1.807, 2.05) is 57.5 Å². The number of amides is 2. The van der Waals surface area contributed by atoms with Crippen LogP contribution in [0.4, 0.5) is 0 Å². The number of carbonyl (C=O) groups is 2. The lowest BCUT2D eigenvalue weighted by Crippen LogP contribution is -2.48. The molecule has 2 amide bonds. The molecule has 2 aromatic heterocycles. The van der Waals surface area contributed by atoms with E-state index in [1.54, 1.807) is 24.3 Å². The van der Waals surface area contributed by atoms with E-state index in [0.29, 0.717) is 11.5 Å². The van der Waals surface area contributed by atoms with Crippen LogP contribution >= 0.6 is 11.3 Å². The number of aromatic nitrogens is 2. The second-order valence-corrected chi connectivity index (χ2v) is 10.5. The Bertz CT molecular complexity index is 1190. The zero-order valence-corrected chi connectivity index (χ0v) is 21.5. The summed E-state index contributed by atoms with van der Waals surface area (Å²) in [5, 5.41) is 17.3. The van der Waals surface area contributed by atoms with E-state index in [1.165, 1.54) is 4.90 Å². The third-order valence-corrected chi connectivity index (χ3v) is 7.50. The second kappa shape index (κ2) is 10.3. The van der Waals surface area contributed by atoms with Gasteiger partial charge in [-0.25, -0.2) is 4.98 Å². The quantitative estimate of drug-likeness (QED) is 0.512. The Morgan fingerprint density at radius 2 is 1.91 bits per heavy atom. The van der Waals surface area contributed by atoms with Gasteiger partial charge in [0.15, 0.2) is 0 Å². The molecule has 1 aliphatic rings. The smallest absolute Gasteiger partial charge is 0.243 e. The molecule has 0 spiro atoms. The highest BCUT2D eigenvalue weighted by Gasteiger charge is 2.43.